The van der Waals surface area contributed by atoms with Crippen LogP contribution in [0.2, 0.25) is 0 Å². The Hall–Kier alpha value is -0.360. The molecule has 0 aromatic carbocycles. The van der Waals surface area contributed by atoms with E-state index in [1.807, 2.05) is 26.3 Å². The van der Waals surface area contributed by atoms with Gasteiger partial charge in [0.1, 0.15) is 5.01 Å². The number of halogens is 2. The Morgan fingerprint density at radius 2 is 2.16 bits per heavy atom. The SMILES string of the molecule is CCC(C)(NC(=O)C(C)CNC)c1nccs1.Cl.Cl. The van der Waals surface area contributed by atoms with Gasteiger partial charge in [-0.3, -0.25) is 4.79 Å². The van der Waals surface area contributed by atoms with Gasteiger partial charge < -0.3 is 10.6 Å². The van der Waals surface area contributed by atoms with Crippen molar-refractivity contribution in [1.82, 2.24) is 15.6 Å². The molecule has 2 N–H and O–H groups in total. The molecule has 0 spiro atoms. The lowest BCUT2D eigenvalue weighted by molar-refractivity contribution is -0.126. The van der Waals surface area contributed by atoms with Crippen molar-refractivity contribution in [3.63, 3.8) is 0 Å². The molecule has 0 fully saturated rings. The average molecular weight is 328 g/mol. The van der Waals surface area contributed by atoms with Crippen LogP contribution in [-0.4, -0.2) is 24.5 Å². The van der Waals surface area contributed by atoms with E-state index >= 15 is 0 Å². The highest BCUT2D eigenvalue weighted by atomic mass is 35.5. The molecule has 0 aliphatic carbocycles. The lowest BCUT2D eigenvalue weighted by Gasteiger charge is -2.29. The van der Waals surface area contributed by atoms with Gasteiger partial charge in [-0.2, -0.15) is 0 Å². The number of thiazole rings is 1. The van der Waals surface area contributed by atoms with Crippen molar-refractivity contribution in [2.45, 2.75) is 32.7 Å². The van der Waals surface area contributed by atoms with E-state index in [9.17, 15) is 4.79 Å². The molecule has 1 aromatic rings. The van der Waals surface area contributed by atoms with Crippen LogP contribution in [0, 0.1) is 5.92 Å². The van der Waals surface area contributed by atoms with Gasteiger partial charge in [-0.05, 0) is 20.4 Å². The Labute approximate surface area is 131 Å². The van der Waals surface area contributed by atoms with Crippen LogP contribution in [0.3, 0.4) is 0 Å². The van der Waals surface area contributed by atoms with Crippen LogP contribution in [0.15, 0.2) is 11.6 Å². The predicted octanol–water partition coefficient (Wildman–Crippen LogP) is 2.58. The molecule has 19 heavy (non-hydrogen) atoms. The quantitative estimate of drug-likeness (QED) is 0.844. The zero-order chi connectivity index (χ0) is 12.9. The normalized spacial score (nSPS) is 14.5. The van der Waals surface area contributed by atoms with Crippen molar-refractivity contribution < 1.29 is 4.79 Å². The van der Waals surface area contributed by atoms with Gasteiger partial charge in [-0.1, -0.05) is 13.8 Å². The molecule has 1 aromatic heterocycles. The van der Waals surface area contributed by atoms with Crippen LogP contribution in [0.25, 0.3) is 0 Å². The van der Waals surface area contributed by atoms with Gasteiger partial charge in [0.2, 0.25) is 5.91 Å². The predicted molar refractivity (Wildman–Crippen MR) is 85.5 cm³/mol. The van der Waals surface area contributed by atoms with Crippen LogP contribution >= 0.6 is 36.2 Å². The maximum Gasteiger partial charge on any atom is 0.224 e. The van der Waals surface area contributed by atoms with Crippen LogP contribution in [0.5, 0.6) is 0 Å². The van der Waals surface area contributed by atoms with Crippen molar-refractivity contribution in [3.8, 4) is 0 Å². The second kappa shape index (κ2) is 9.53. The third-order valence-corrected chi connectivity index (χ3v) is 4.01. The maximum absolute atomic E-state index is 12.0. The molecule has 0 radical (unpaired) electrons. The maximum atomic E-state index is 12.0. The van der Waals surface area contributed by atoms with Crippen LogP contribution in [0.1, 0.15) is 32.2 Å². The number of amides is 1. The first kappa shape index (κ1) is 20.9. The molecular weight excluding hydrogens is 305 g/mol. The standard InChI is InChI=1S/C12H21N3OS.2ClH/c1-5-12(3,11-14-6-7-17-11)15-10(16)9(2)8-13-4;;/h6-7,9,13H,5,8H2,1-4H3,(H,15,16);2*1H. The minimum absolute atomic E-state index is 0. The topological polar surface area (TPSA) is 54.0 Å². The Morgan fingerprint density at radius 3 is 2.58 bits per heavy atom. The Balaban J connectivity index is 0. The monoisotopic (exact) mass is 327 g/mol. The summed E-state index contributed by atoms with van der Waals surface area (Å²) in [6.07, 6.45) is 2.61. The Bertz CT molecular complexity index is 362. The molecule has 1 amide bonds. The molecule has 1 heterocycles. The molecule has 0 bridgehead atoms. The number of hydrogen-bond donors (Lipinski definition) is 2. The van der Waals surface area contributed by atoms with Gasteiger partial charge >= 0.3 is 0 Å². The molecule has 112 valence electrons. The van der Waals surface area contributed by atoms with Gasteiger partial charge in [0, 0.05) is 24.0 Å². The van der Waals surface area contributed by atoms with Crippen LogP contribution < -0.4 is 10.6 Å². The number of nitrogens with zero attached hydrogens (tertiary/aromatic N) is 1. The lowest BCUT2D eigenvalue weighted by atomic mass is 9.98. The fourth-order valence-corrected chi connectivity index (χ4v) is 2.41. The number of hydrogen-bond acceptors (Lipinski definition) is 4. The smallest absolute Gasteiger partial charge is 0.224 e. The van der Waals surface area contributed by atoms with Gasteiger partial charge in [-0.15, -0.1) is 36.2 Å². The van der Waals surface area contributed by atoms with Gasteiger partial charge in [-0.25, -0.2) is 4.98 Å². The molecule has 2 atom stereocenters. The summed E-state index contributed by atoms with van der Waals surface area (Å²) in [4.78, 5) is 16.3. The van der Waals surface area contributed by atoms with Gasteiger partial charge in [0.05, 0.1) is 5.54 Å². The third-order valence-electron chi connectivity index (χ3n) is 2.97. The second-order valence-corrected chi connectivity index (χ2v) is 5.37. The molecule has 2 unspecified atom stereocenters. The summed E-state index contributed by atoms with van der Waals surface area (Å²) in [5.74, 6) is 0.0322. The summed E-state index contributed by atoms with van der Waals surface area (Å²) in [6, 6.07) is 0. The van der Waals surface area contributed by atoms with E-state index in [1.165, 1.54) is 0 Å². The van der Waals surface area contributed by atoms with Crippen LogP contribution in [-0.2, 0) is 10.3 Å². The zero-order valence-corrected chi connectivity index (χ0v) is 14.2. The molecule has 4 nitrogen and oxygen atoms in total. The minimum atomic E-state index is -0.354. The number of aromatic nitrogens is 1. The molecule has 7 heteroatoms. The summed E-state index contributed by atoms with van der Waals surface area (Å²) in [5, 5.41) is 9.01. The van der Waals surface area contributed by atoms with Crippen molar-refractivity contribution in [2.75, 3.05) is 13.6 Å². The molecule has 1 rings (SSSR count). The van der Waals surface area contributed by atoms with Crippen molar-refractivity contribution in [2.24, 2.45) is 5.92 Å². The molecule has 0 saturated carbocycles. The van der Waals surface area contributed by atoms with E-state index in [1.54, 1.807) is 17.5 Å². The number of carbonyl (C=O) groups excluding carboxylic acids is 1. The summed E-state index contributed by atoms with van der Waals surface area (Å²) < 4.78 is 0. The second-order valence-electron chi connectivity index (χ2n) is 4.47. The summed E-state index contributed by atoms with van der Waals surface area (Å²) in [6.45, 7) is 6.69. The fourth-order valence-electron chi connectivity index (χ4n) is 1.58. The van der Waals surface area contributed by atoms with Crippen LogP contribution in [0.4, 0.5) is 0 Å². The molecule has 0 aliphatic heterocycles. The lowest BCUT2D eigenvalue weighted by Crippen LogP contribution is -2.46. The Morgan fingerprint density at radius 1 is 1.53 bits per heavy atom. The van der Waals surface area contributed by atoms with Crippen molar-refractivity contribution in [3.05, 3.63) is 16.6 Å². The molecule has 0 saturated heterocycles. The highest BCUT2D eigenvalue weighted by Gasteiger charge is 2.30. The molecular formula is C12H23Cl2N3OS. The first-order chi connectivity index (χ1) is 8.03. The van der Waals surface area contributed by atoms with E-state index in [0.29, 0.717) is 6.54 Å². The first-order valence-electron chi connectivity index (χ1n) is 5.90. The summed E-state index contributed by atoms with van der Waals surface area (Å²) >= 11 is 1.58. The molecule has 0 aliphatic rings. The largest absolute Gasteiger partial charge is 0.344 e. The minimum Gasteiger partial charge on any atom is -0.344 e. The average Bonchev–Trinajstić information content (AvgIpc) is 2.83. The number of carbonyl (C=O) groups is 1. The summed E-state index contributed by atoms with van der Waals surface area (Å²) in [5.41, 5.74) is -0.354. The van der Waals surface area contributed by atoms with Gasteiger partial charge in [0.25, 0.3) is 0 Å². The van der Waals surface area contributed by atoms with E-state index in [4.69, 9.17) is 0 Å². The highest BCUT2D eigenvalue weighted by molar-refractivity contribution is 7.09. The number of nitrogens with one attached hydrogen (secondary N) is 2. The zero-order valence-electron chi connectivity index (χ0n) is 11.7. The fraction of sp³-hybridized carbons (Fsp3) is 0.667. The highest BCUT2D eigenvalue weighted by Crippen LogP contribution is 2.26. The van der Waals surface area contributed by atoms with Crippen molar-refractivity contribution in [1.29, 1.82) is 0 Å². The third kappa shape index (κ3) is 5.65. The number of rotatable bonds is 6. The van der Waals surface area contributed by atoms with E-state index in [2.05, 4.69) is 22.5 Å². The summed E-state index contributed by atoms with van der Waals surface area (Å²) in [7, 11) is 1.85. The van der Waals surface area contributed by atoms with E-state index in [-0.39, 0.29) is 42.2 Å². The van der Waals surface area contributed by atoms with E-state index in [0.717, 1.165) is 11.4 Å². The Kier molecular flexibility index (Phi) is 10.5. The van der Waals surface area contributed by atoms with E-state index < -0.39 is 0 Å². The van der Waals surface area contributed by atoms with Gasteiger partial charge in [0.15, 0.2) is 0 Å². The van der Waals surface area contributed by atoms with Crippen molar-refractivity contribution >= 4 is 42.1 Å². The first-order valence-corrected chi connectivity index (χ1v) is 6.78.